The first-order valence-electron chi connectivity index (χ1n) is 9.75. The number of hydrazone groups is 1. The van der Waals surface area contributed by atoms with Gasteiger partial charge < -0.3 is 9.64 Å². The second kappa shape index (κ2) is 6.65. The first-order valence-corrected chi connectivity index (χ1v) is 10.5. The van der Waals surface area contributed by atoms with Crippen molar-refractivity contribution in [2.24, 2.45) is 5.10 Å². The van der Waals surface area contributed by atoms with Crippen LogP contribution in [0.1, 0.15) is 42.0 Å². The Kier molecular flexibility index (Phi) is 4.34. The number of halogens is 2. The number of piperidine rings is 1. The average molecular weight is 416 g/mol. The molecule has 0 N–H and O–H groups in total. The fraction of sp³-hybridized carbons (Fsp3) is 0.409. The standard InChI is InChI=1S/C22H23Cl2N3O/c1-14-3-6-21-17(11-14)20-13-19(16-5-4-15(23)12-18(16)24)25-27(20)22(28-21)7-9-26(2)10-8-22/h3-6,11-12,20H,7-10,13H2,1-2H3/t20-/m0/s1. The Hall–Kier alpha value is -1.75. The maximum Gasteiger partial charge on any atom is 0.200 e. The van der Waals surface area contributed by atoms with Gasteiger partial charge in [0.05, 0.1) is 16.8 Å². The molecule has 0 radical (unpaired) electrons. The van der Waals surface area contributed by atoms with Gasteiger partial charge in [0.15, 0.2) is 0 Å². The van der Waals surface area contributed by atoms with E-state index in [0.29, 0.717) is 10.0 Å². The lowest BCUT2D eigenvalue weighted by molar-refractivity contribution is -0.147. The van der Waals surface area contributed by atoms with Crippen LogP contribution in [0.5, 0.6) is 5.75 Å². The van der Waals surface area contributed by atoms with Gasteiger partial charge in [-0.25, -0.2) is 5.01 Å². The molecule has 1 saturated heterocycles. The van der Waals surface area contributed by atoms with Crippen LogP contribution in [-0.4, -0.2) is 41.5 Å². The Morgan fingerprint density at radius 3 is 2.64 bits per heavy atom. The molecule has 1 atom stereocenters. The molecule has 3 heterocycles. The van der Waals surface area contributed by atoms with E-state index in [1.165, 1.54) is 11.1 Å². The van der Waals surface area contributed by atoms with E-state index in [2.05, 4.69) is 42.1 Å². The number of nitrogens with zero attached hydrogens (tertiary/aromatic N) is 3. The maximum absolute atomic E-state index is 6.65. The zero-order valence-electron chi connectivity index (χ0n) is 16.1. The molecule has 4 nitrogen and oxygen atoms in total. The predicted molar refractivity (Wildman–Crippen MR) is 113 cm³/mol. The van der Waals surface area contributed by atoms with Crippen LogP contribution in [0.4, 0.5) is 0 Å². The molecular weight excluding hydrogens is 393 g/mol. The predicted octanol–water partition coefficient (Wildman–Crippen LogP) is 5.27. The van der Waals surface area contributed by atoms with Crippen molar-refractivity contribution in [2.45, 2.75) is 38.0 Å². The summed E-state index contributed by atoms with van der Waals surface area (Å²) in [5, 5.41) is 8.59. The van der Waals surface area contributed by atoms with E-state index in [9.17, 15) is 0 Å². The molecule has 6 heteroatoms. The summed E-state index contributed by atoms with van der Waals surface area (Å²) in [6.07, 6.45) is 2.68. The van der Waals surface area contributed by atoms with E-state index in [4.69, 9.17) is 33.0 Å². The number of rotatable bonds is 1. The average Bonchev–Trinajstić information content (AvgIpc) is 3.11. The Balaban J connectivity index is 1.60. The molecule has 1 spiro atoms. The number of ether oxygens (including phenoxy) is 1. The summed E-state index contributed by atoms with van der Waals surface area (Å²) in [7, 11) is 2.16. The van der Waals surface area contributed by atoms with Crippen molar-refractivity contribution in [1.29, 1.82) is 0 Å². The molecule has 146 valence electrons. The fourth-order valence-electron chi connectivity index (χ4n) is 4.59. The van der Waals surface area contributed by atoms with Crippen LogP contribution in [0, 0.1) is 6.92 Å². The van der Waals surface area contributed by atoms with E-state index in [0.717, 1.165) is 49.4 Å². The highest BCUT2D eigenvalue weighted by Crippen LogP contribution is 2.50. The van der Waals surface area contributed by atoms with Gasteiger partial charge in [0.1, 0.15) is 5.75 Å². The van der Waals surface area contributed by atoms with Gasteiger partial charge in [0, 0.05) is 48.5 Å². The van der Waals surface area contributed by atoms with E-state index in [-0.39, 0.29) is 11.8 Å². The molecule has 2 aromatic rings. The topological polar surface area (TPSA) is 28.1 Å². The van der Waals surface area contributed by atoms with E-state index >= 15 is 0 Å². The zero-order valence-corrected chi connectivity index (χ0v) is 17.6. The summed E-state index contributed by atoms with van der Waals surface area (Å²) in [4.78, 5) is 2.35. The smallest absolute Gasteiger partial charge is 0.200 e. The summed E-state index contributed by atoms with van der Waals surface area (Å²) in [6.45, 7) is 4.12. The number of fused-ring (bicyclic) bond motifs is 4. The van der Waals surface area contributed by atoms with Gasteiger partial charge in [-0.3, -0.25) is 0 Å². The molecule has 0 aromatic heterocycles. The molecule has 2 aromatic carbocycles. The van der Waals surface area contributed by atoms with Gasteiger partial charge in [-0.2, -0.15) is 5.10 Å². The van der Waals surface area contributed by atoms with Crippen molar-refractivity contribution in [3.05, 3.63) is 63.1 Å². The number of aryl methyl sites for hydroxylation is 1. The van der Waals surface area contributed by atoms with Gasteiger partial charge in [0.2, 0.25) is 5.72 Å². The Morgan fingerprint density at radius 2 is 1.89 bits per heavy atom. The fourth-order valence-corrected chi connectivity index (χ4v) is 5.10. The third-order valence-electron chi connectivity index (χ3n) is 6.16. The largest absolute Gasteiger partial charge is 0.466 e. The first-order chi connectivity index (χ1) is 13.4. The van der Waals surface area contributed by atoms with E-state index in [1.807, 2.05) is 12.1 Å². The molecule has 3 aliphatic heterocycles. The van der Waals surface area contributed by atoms with Crippen LogP contribution in [0.15, 0.2) is 41.5 Å². The normalized spacial score (nSPS) is 23.2. The van der Waals surface area contributed by atoms with Crippen LogP contribution in [-0.2, 0) is 0 Å². The third kappa shape index (κ3) is 2.90. The molecule has 0 saturated carbocycles. The molecule has 3 aliphatic rings. The SMILES string of the molecule is Cc1ccc2c(c1)[C@@H]1CC(c3ccc(Cl)cc3Cl)=NN1C1(CCN(C)CC1)O2. The van der Waals surface area contributed by atoms with Crippen molar-refractivity contribution in [3.8, 4) is 5.75 Å². The molecular formula is C22H23Cl2N3O. The lowest BCUT2D eigenvalue weighted by atomic mass is 9.90. The minimum absolute atomic E-state index is 0.175. The van der Waals surface area contributed by atoms with Crippen LogP contribution in [0.25, 0.3) is 0 Å². The summed E-state index contributed by atoms with van der Waals surface area (Å²) in [5.41, 5.74) is 4.02. The second-order valence-corrected chi connectivity index (χ2v) is 8.97. The highest BCUT2D eigenvalue weighted by molar-refractivity contribution is 6.37. The van der Waals surface area contributed by atoms with Gasteiger partial charge in [-0.15, -0.1) is 0 Å². The summed E-state index contributed by atoms with van der Waals surface area (Å²) < 4.78 is 6.65. The van der Waals surface area contributed by atoms with Crippen molar-refractivity contribution >= 4 is 28.9 Å². The number of hydrogen-bond donors (Lipinski definition) is 0. The first kappa shape index (κ1) is 18.3. The number of hydrogen-bond acceptors (Lipinski definition) is 4. The minimum atomic E-state index is -0.389. The molecule has 0 amide bonds. The van der Waals surface area contributed by atoms with Crippen LogP contribution in [0.2, 0.25) is 10.0 Å². The Labute approximate surface area is 175 Å². The lowest BCUT2D eigenvalue weighted by Crippen LogP contribution is -2.58. The van der Waals surface area contributed by atoms with E-state index in [1.54, 1.807) is 6.07 Å². The lowest BCUT2D eigenvalue weighted by Gasteiger charge is -2.50. The Bertz CT molecular complexity index is 966. The summed E-state index contributed by atoms with van der Waals surface area (Å²) in [5.74, 6) is 0.995. The van der Waals surface area contributed by atoms with Gasteiger partial charge in [0.25, 0.3) is 0 Å². The second-order valence-electron chi connectivity index (χ2n) is 8.13. The van der Waals surface area contributed by atoms with Crippen molar-refractivity contribution < 1.29 is 4.74 Å². The molecule has 0 unspecified atom stereocenters. The molecule has 0 aliphatic carbocycles. The zero-order chi connectivity index (χ0) is 19.5. The van der Waals surface area contributed by atoms with Crippen molar-refractivity contribution in [3.63, 3.8) is 0 Å². The van der Waals surface area contributed by atoms with Crippen molar-refractivity contribution in [2.75, 3.05) is 20.1 Å². The summed E-state index contributed by atoms with van der Waals surface area (Å²) >= 11 is 12.6. The highest BCUT2D eigenvalue weighted by Gasteiger charge is 2.51. The van der Waals surface area contributed by atoms with Crippen LogP contribution >= 0.6 is 23.2 Å². The van der Waals surface area contributed by atoms with Crippen LogP contribution < -0.4 is 4.74 Å². The quantitative estimate of drug-likeness (QED) is 0.634. The molecule has 5 rings (SSSR count). The summed E-state index contributed by atoms with van der Waals surface area (Å²) in [6, 6.07) is 12.3. The Morgan fingerprint density at radius 1 is 1.11 bits per heavy atom. The maximum atomic E-state index is 6.65. The van der Waals surface area contributed by atoms with Gasteiger partial charge in [-0.05, 0) is 32.2 Å². The minimum Gasteiger partial charge on any atom is -0.466 e. The molecule has 0 bridgehead atoms. The van der Waals surface area contributed by atoms with Crippen LogP contribution in [0.3, 0.4) is 0 Å². The monoisotopic (exact) mass is 415 g/mol. The van der Waals surface area contributed by atoms with Crippen molar-refractivity contribution in [1.82, 2.24) is 9.91 Å². The van der Waals surface area contributed by atoms with Gasteiger partial charge >= 0.3 is 0 Å². The highest BCUT2D eigenvalue weighted by atomic mass is 35.5. The van der Waals surface area contributed by atoms with E-state index < -0.39 is 0 Å². The molecule has 1 fully saturated rings. The number of likely N-dealkylation sites (tertiary alicyclic amines) is 1. The third-order valence-corrected chi connectivity index (χ3v) is 6.71. The molecule has 28 heavy (non-hydrogen) atoms. The number of benzene rings is 2. The van der Waals surface area contributed by atoms with Gasteiger partial charge in [-0.1, -0.05) is 47.0 Å².